The number of nitriles is 1. The van der Waals surface area contributed by atoms with Crippen molar-refractivity contribution in [1.82, 2.24) is 0 Å². The molecule has 4 aromatic carbocycles. The Labute approximate surface area is 255 Å². The van der Waals surface area contributed by atoms with Gasteiger partial charge >= 0.3 is 0 Å². The van der Waals surface area contributed by atoms with E-state index in [-0.39, 0.29) is 5.41 Å². The van der Waals surface area contributed by atoms with Crippen LogP contribution < -0.4 is 14.9 Å². The predicted molar refractivity (Wildman–Crippen MR) is 181 cm³/mol. The first-order chi connectivity index (χ1) is 20.5. The van der Waals surface area contributed by atoms with Gasteiger partial charge in [-0.25, -0.2) is 4.57 Å². The highest BCUT2D eigenvalue weighted by molar-refractivity contribution is 7.03. The van der Waals surface area contributed by atoms with E-state index in [4.69, 9.17) is 4.42 Å². The van der Waals surface area contributed by atoms with E-state index in [2.05, 4.69) is 137 Å². The maximum atomic E-state index is 10.3. The molecule has 4 heteroatoms. The molecule has 2 aromatic heterocycles. The maximum absolute atomic E-state index is 10.3. The van der Waals surface area contributed by atoms with Crippen LogP contribution in [0.3, 0.4) is 0 Å². The summed E-state index contributed by atoms with van der Waals surface area (Å²) in [5.41, 5.74) is 11.8. The Morgan fingerprint density at radius 2 is 1.51 bits per heavy atom. The fourth-order valence-corrected chi connectivity index (χ4v) is 10.2. The van der Waals surface area contributed by atoms with Crippen molar-refractivity contribution in [3.63, 3.8) is 0 Å². The smallest absolute Gasteiger partial charge is 0.216 e. The van der Waals surface area contributed by atoms with E-state index in [1.54, 1.807) is 0 Å². The number of rotatable bonds is 3. The molecule has 43 heavy (non-hydrogen) atoms. The number of aromatic nitrogens is 1. The second kappa shape index (κ2) is 9.52. The van der Waals surface area contributed by atoms with Crippen molar-refractivity contribution in [2.45, 2.75) is 47.2 Å². The average molecular weight is 578 g/mol. The molecule has 0 fully saturated rings. The molecule has 7 rings (SSSR count). The number of pyridine rings is 1. The lowest BCUT2D eigenvalue weighted by Crippen LogP contribution is -2.49. The Bertz CT molecular complexity index is 2150. The van der Waals surface area contributed by atoms with E-state index in [0.29, 0.717) is 5.56 Å². The Hall–Kier alpha value is -4.46. The Morgan fingerprint density at radius 3 is 2.26 bits per heavy atom. The molecule has 0 saturated carbocycles. The van der Waals surface area contributed by atoms with Crippen molar-refractivity contribution >= 4 is 40.4 Å². The quantitative estimate of drug-likeness (QED) is 0.157. The maximum Gasteiger partial charge on any atom is 0.216 e. The monoisotopic (exact) mass is 577 g/mol. The van der Waals surface area contributed by atoms with Crippen molar-refractivity contribution in [3.05, 3.63) is 102 Å². The third-order valence-corrected chi connectivity index (χ3v) is 12.8. The van der Waals surface area contributed by atoms with E-state index in [9.17, 15) is 5.26 Å². The van der Waals surface area contributed by atoms with Gasteiger partial charge in [0.15, 0.2) is 6.20 Å². The molecule has 212 valence electrons. The number of nitrogens with zero attached hydrogens (tertiary/aromatic N) is 2. The van der Waals surface area contributed by atoms with Crippen molar-refractivity contribution in [2.24, 2.45) is 12.5 Å². The first kappa shape index (κ1) is 27.4. The zero-order valence-electron chi connectivity index (χ0n) is 26.1. The molecule has 0 amide bonds. The van der Waals surface area contributed by atoms with E-state index in [1.807, 2.05) is 6.07 Å². The number of fused-ring (bicyclic) bond motifs is 6. The van der Waals surface area contributed by atoms with E-state index in [1.165, 1.54) is 32.6 Å². The van der Waals surface area contributed by atoms with E-state index < -0.39 is 8.07 Å². The zero-order valence-corrected chi connectivity index (χ0v) is 27.1. The molecule has 1 aliphatic heterocycles. The number of hydrogen-bond acceptors (Lipinski definition) is 2. The van der Waals surface area contributed by atoms with Crippen molar-refractivity contribution in [3.8, 4) is 39.6 Å². The molecule has 0 radical (unpaired) electrons. The second-order valence-electron chi connectivity index (χ2n) is 13.9. The summed E-state index contributed by atoms with van der Waals surface area (Å²) in [4.78, 5) is 0. The number of hydrogen-bond donors (Lipinski definition) is 0. The molecule has 0 saturated heterocycles. The van der Waals surface area contributed by atoms with Crippen molar-refractivity contribution in [1.29, 1.82) is 5.26 Å². The molecule has 0 spiro atoms. The summed E-state index contributed by atoms with van der Waals surface area (Å²) in [6.45, 7) is 13.8. The van der Waals surface area contributed by atoms with Crippen molar-refractivity contribution in [2.75, 3.05) is 0 Å². The molecule has 0 aliphatic carbocycles. The predicted octanol–water partition coefficient (Wildman–Crippen LogP) is 8.32. The lowest BCUT2D eigenvalue weighted by molar-refractivity contribution is -0.660. The molecular weight excluding hydrogens is 541 g/mol. The van der Waals surface area contributed by atoms with Crippen LogP contribution in [0.25, 0.3) is 55.4 Å². The van der Waals surface area contributed by atoms with Crippen LogP contribution in [-0.2, 0) is 13.5 Å². The summed E-state index contributed by atoms with van der Waals surface area (Å²) < 4.78 is 9.11. The SMILES string of the molecule is Cc1ccc2c(oc3c(-c4ccc5c(c4)[Si](C)(C)c4ccccc4-5)c(C#N)ccc32)c1-c1cc(CC(C)(C)C)cc[n+]1C. The number of aryl methyl sites for hydroxylation is 2. The minimum Gasteiger partial charge on any atom is -0.454 e. The highest BCUT2D eigenvalue weighted by atomic mass is 28.3. The highest BCUT2D eigenvalue weighted by Crippen LogP contribution is 2.43. The van der Waals surface area contributed by atoms with Crippen molar-refractivity contribution < 1.29 is 8.98 Å². The minimum absolute atomic E-state index is 0.189. The fourth-order valence-electron chi connectivity index (χ4n) is 7.14. The summed E-state index contributed by atoms with van der Waals surface area (Å²) in [5.74, 6) is 0. The molecule has 0 N–H and O–H groups in total. The molecule has 0 atom stereocenters. The van der Waals surface area contributed by atoms with Gasteiger partial charge in [0.2, 0.25) is 5.69 Å². The van der Waals surface area contributed by atoms with Gasteiger partial charge in [-0.15, -0.1) is 0 Å². The topological polar surface area (TPSA) is 40.8 Å². The Morgan fingerprint density at radius 1 is 0.814 bits per heavy atom. The molecule has 1 aliphatic rings. The van der Waals surface area contributed by atoms with Gasteiger partial charge in [-0.3, -0.25) is 0 Å². The number of furan rings is 1. The van der Waals surface area contributed by atoms with Gasteiger partial charge in [-0.2, -0.15) is 5.26 Å². The molecule has 0 bridgehead atoms. The molecule has 3 heterocycles. The molecule has 6 aromatic rings. The fraction of sp³-hybridized carbons (Fsp3) is 0.231. The van der Waals surface area contributed by atoms with Crippen LogP contribution in [0.15, 0.2) is 89.5 Å². The van der Waals surface area contributed by atoms with Gasteiger partial charge in [-0.05, 0) is 69.1 Å². The van der Waals surface area contributed by atoms with E-state index in [0.717, 1.165) is 50.7 Å². The van der Waals surface area contributed by atoms with Crippen LogP contribution in [0.2, 0.25) is 13.1 Å². The Kier molecular flexibility index (Phi) is 6.06. The van der Waals surface area contributed by atoms with E-state index >= 15 is 0 Å². The first-order valence-corrected chi connectivity index (χ1v) is 18.1. The van der Waals surface area contributed by atoms with Crippen LogP contribution in [0.4, 0.5) is 0 Å². The normalized spacial score (nSPS) is 13.7. The Balaban J connectivity index is 1.48. The summed E-state index contributed by atoms with van der Waals surface area (Å²) in [7, 11) is 0.223. The molecular formula is C39H37N2OSi+. The van der Waals surface area contributed by atoms with Crippen LogP contribution in [0.1, 0.15) is 37.5 Å². The molecule has 3 nitrogen and oxygen atoms in total. The summed E-state index contributed by atoms with van der Waals surface area (Å²) in [5, 5.41) is 15.3. The first-order valence-electron chi connectivity index (χ1n) is 15.1. The van der Waals surface area contributed by atoms with Gasteiger partial charge < -0.3 is 4.42 Å². The largest absolute Gasteiger partial charge is 0.454 e. The highest BCUT2D eigenvalue weighted by Gasteiger charge is 2.37. The summed E-state index contributed by atoms with van der Waals surface area (Å²) in [6.07, 6.45) is 3.15. The van der Waals surface area contributed by atoms with Crippen LogP contribution in [0, 0.1) is 23.7 Å². The lowest BCUT2D eigenvalue weighted by Gasteiger charge is -2.19. The van der Waals surface area contributed by atoms with Crippen LogP contribution in [-0.4, -0.2) is 8.07 Å². The zero-order chi connectivity index (χ0) is 30.3. The standard InChI is InChI=1S/C39H37N2OSi/c1-24-12-15-30-31-17-14-27(23-40)36(26-13-16-29-28-10-8-9-11-33(28)43(6,7)34(29)21-26)38(31)42-37(30)35(24)32-20-25(18-19-41(32)5)22-39(2,3)4/h8-21H,22H2,1-7H3/q+1. The van der Waals surface area contributed by atoms with Gasteiger partial charge in [0.05, 0.1) is 17.2 Å². The van der Waals surface area contributed by atoms with Crippen LogP contribution in [0.5, 0.6) is 0 Å². The van der Waals surface area contributed by atoms with Gasteiger partial charge in [0.25, 0.3) is 0 Å². The number of benzene rings is 4. The van der Waals surface area contributed by atoms with Gasteiger partial charge in [0, 0.05) is 28.5 Å². The average Bonchev–Trinajstić information content (AvgIpc) is 3.45. The third-order valence-electron chi connectivity index (χ3n) is 9.22. The van der Waals surface area contributed by atoms with Gasteiger partial charge in [-0.1, -0.05) is 88.5 Å². The molecule has 0 unspecified atom stereocenters. The second-order valence-corrected chi connectivity index (χ2v) is 18.2. The van der Waals surface area contributed by atoms with Crippen LogP contribution >= 0.6 is 0 Å². The third kappa shape index (κ3) is 4.26. The summed E-state index contributed by atoms with van der Waals surface area (Å²) in [6, 6.07) is 31.0. The van der Waals surface area contributed by atoms with Gasteiger partial charge in [0.1, 0.15) is 26.3 Å². The lowest BCUT2D eigenvalue weighted by atomic mass is 9.87. The summed E-state index contributed by atoms with van der Waals surface area (Å²) >= 11 is 0. The minimum atomic E-state index is -1.88.